The van der Waals surface area contributed by atoms with Crippen LogP contribution in [0.3, 0.4) is 0 Å². The lowest BCUT2D eigenvalue weighted by Crippen LogP contribution is -2.42. The molecule has 1 N–H and O–H groups in total. The predicted octanol–water partition coefficient (Wildman–Crippen LogP) is 4.10. The van der Waals surface area contributed by atoms with E-state index in [1.807, 2.05) is 16.8 Å². The van der Waals surface area contributed by atoms with Crippen LogP contribution in [0.25, 0.3) is 10.9 Å². The maximum absolute atomic E-state index is 12.3. The van der Waals surface area contributed by atoms with Gasteiger partial charge in [0.05, 0.1) is 0 Å². The summed E-state index contributed by atoms with van der Waals surface area (Å²) in [4.78, 5) is 12.3. The van der Waals surface area contributed by atoms with E-state index >= 15 is 0 Å². The minimum Gasteiger partial charge on any atom is -0.352 e. The number of nitrogens with one attached hydrogen (secondary N) is 1. The molecule has 112 valence electrons. The van der Waals surface area contributed by atoms with Crippen LogP contribution >= 0.6 is 15.9 Å². The van der Waals surface area contributed by atoms with E-state index < -0.39 is 0 Å². The number of halogens is 1. The lowest BCUT2D eigenvalue weighted by molar-refractivity contribution is -0.122. The SMILES string of the molecule is C[C@@H]1CCCC[C@H]1NC(=O)Cn1ccc2cc(Br)ccc21. The minimum absolute atomic E-state index is 0.120. The van der Waals surface area contributed by atoms with Crippen molar-refractivity contribution in [1.29, 1.82) is 0 Å². The Hall–Kier alpha value is -1.29. The molecule has 0 saturated heterocycles. The molecule has 1 aliphatic carbocycles. The first-order valence-electron chi connectivity index (χ1n) is 7.67. The van der Waals surface area contributed by atoms with Crippen LogP contribution in [-0.2, 0) is 11.3 Å². The Morgan fingerprint density at radius 2 is 2.14 bits per heavy atom. The fraction of sp³-hybridized carbons (Fsp3) is 0.471. The number of carbonyl (C=O) groups is 1. The fourth-order valence-electron chi connectivity index (χ4n) is 3.25. The summed E-state index contributed by atoms with van der Waals surface area (Å²) >= 11 is 3.48. The number of fused-ring (bicyclic) bond motifs is 1. The summed E-state index contributed by atoms with van der Waals surface area (Å²) < 4.78 is 3.08. The van der Waals surface area contributed by atoms with Crippen molar-refractivity contribution in [2.75, 3.05) is 0 Å². The highest BCUT2D eigenvalue weighted by Crippen LogP contribution is 2.24. The molecule has 0 radical (unpaired) electrons. The number of hydrogen-bond donors (Lipinski definition) is 1. The summed E-state index contributed by atoms with van der Waals surface area (Å²) in [6, 6.07) is 8.54. The Morgan fingerprint density at radius 3 is 2.95 bits per heavy atom. The van der Waals surface area contributed by atoms with Crippen LogP contribution in [0.1, 0.15) is 32.6 Å². The quantitative estimate of drug-likeness (QED) is 0.890. The van der Waals surface area contributed by atoms with Crippen molar-refractivity contribution in [3.05, 3.63) is 34.9 Å². The molecule has 1 fully saturated rings. The second kappa shape index (κ2) is 6.22. The molecule has 3 rings (SSSR count). The third-order valence-electron chi connectivity index (χ3n) is 4.50. The molecular weight excluding hydrogens is 328 g/mol. The van der Waals surface area contributed by atoms with E-state index in [2.05, 4.69) is 46.4 Å². The monoisotopic (exact) mass is 348 g/mol. The lowest BCUT2D eigenvalue weighted by atomic mass is 9.86. The third kappa shape index (κ3) is 3.31. The van der Waals surface area contributed by atoms with E-state index in [4.69, 9.17) is 0 Å². The van der Waals surface area contributed by atoms with Crippen LogP contribution in [0, 0.1) is 5.92 Å². The van der Waals surface area contributed by atoms with Gasteiger partial charge in [0.15, 0.2) is 0 Å². The number of nitrogens with zero attached hydrogens (tertiary/aromatic N) is 1. The summed E-state index contributed by atoms with van der Waals surface area (Å²) in [5.74, 6) is 0.717. The van der Waals surface area contributed by atoms with Crippen LogP contribution in [-0.4, -0.2) is 16.5 Å². The van der Waals surface area contributed by atoms with Gasteiger partial charge in [0.25, 0.3) is 0 Å². The molecule has 1 heterocycles. The van der Waals surface area contributed by atoms with Gasteiger partial charge in [-0.1, -0.05) is 35.7 Å². The normalized spacial score (nSPS) is 22.4. The minimum atomic E-state index is 0.120. The van der Waals surface area contributed by atoms with Crippen LogP contribution in [0.5, 0.6) is 0 Å². The Balaban J connectivity index is 1.68. The van der Waals surface area contributed by atoms with E-state index in [0.717, 1.165) is 21.8 Å². The van der Waals surface area contributed by atoms with Gasteiger partial charge in [0.1, 0.15) is 6.54 Å². The summed E-state index contributed by atoms with van der Waals surface area (Å²) in [6.07, 6.45) is 6.86. The fourth-order valence-corrected chi connectivity index (χ4v) is 3.63. The van der Waals surface area contributed by atoms with Crippen molar-refractivity contribution >= 4 is 32.7 Å². The molecule has 1 amide bonds. The second-order valence-corrected chi connectivity index (χ2v) is 7.00. The van der Waals surface area contributed by atoms with Gasteiger partial charge in [0.2, 0.25) is 5.91 Å². The molecular formula is C17H21BrN2O. The third-order valence-corrected chi connectivity index (χ3v) is 5.00. The molecule has 0 aliphatic heterocycles. The van der Waals surface area contributed by atoms with Crippen LogP contribution in [0.2, 0.25) is 0 Å². The number of hydrogen-bond acceptors (Lipinski definition) is 1. The number of rotatable bonds is 3. The van der Waals surface area contributed by atoms with Crippen LogP contribution < -0.4 is 5.32 Å². The van der Waals surface area contributed by atoms with Gasteiger partial charge in [0, 0.05) is 27.6 Å². The number of carbonyl (C=O) groups excluding carboxylic acids is 1. The Bertz CT molecular complexity index is 649. The molecule has 0 spiro atoms. The first kappa shape index (κ1) is 14.6. The largest absolute Gasteiger partial charge is 0.352 e. The maximum atomic E-state index is 12.3. The second-order valence-electron chi connectivity index (χ2n) is 6.08. The highest BCUT2D eigenvalue weighted by Gasteiger charge is 2.22. The van der Waals surface area contributed by atoms with Crippen molar-refractivity contribution in [2.24, 2.45) is 5.92 Å². The van der Waals surface area contributed by atoms with E-state index in [9.17, 15) is 4.79 Å². The van der Waals surface area contributed by atoms with E-state index in [-0.39, 0.29) is 5.91 Å². The Labute approximate surface area is 133 Å². The van der Waals surface area contributed by atoms with Gasteiger partial charge < -0.3 is 9.88 Å². The van der Waals surface area contributed by atoms with E-state index in [1.54, 1.807) is 0 Å². The summed E-state index contributed by atoms with van der Waals surface area (Å²) in [5, 5.41) is 4.37. The van der Waals surface area contributed by atoms with Crippen molar-refractivity contribution < 1.29 is 4.79 Å². The molecule has 2 atom stereocenters. The number of amides is 1. The number of aromatic nitrogens is 1. The first-order valence-corrected chi connectivity index (χ1v) is 8.46. The molecule has 2 aromatic rings. The molecule has 1 aromatic carbocycles. The van der Waals surface area contributed by atoms with Crippen molar-refractivity contribution in [3.8, 4) is 0 Å². The molecule has 1 saturated carbocycles. The number of benzene rings is 1. The molecule has 1 aliphatic rings. The molecule has 3 nitrogen and oxygen atoms in total. The van der Waals surface area contributed by atoms with E-state index in [1.165, 1.54) is 19.3 Å². The summed E-state index contributed by atoms with van der Waals surface area (Å²) in [6.45, 7) is 2.64. The van der Waals surface area contributed by atoms with Crippen molar-refractivity contribution in [2.45, 2.75) is 45.2 Å². The van der Waals surface area contributed by atoms with Crippen LogP contribution in [0.15, 0.2) is 34.9 Å². The van der Waals surface area contributed by atoms with Gasteiger partial charge in [-0.2, -0.15) is 0 Å². The predicted molar refractivity (Wildman–Crippen MR) is 89.2 cm³/mol. The average molecular weight is 349 g/mol. The van der Waals surface area contributed by atoms with Gasteiger partial charge >= 0.3 is 0 Å². The van der Waals surface area contributed by atoms with Crippen LogP contribution in [0.4, 0.5) is 0 Å². The highest BCUT2D eigenvalue weighted by molar-refractivity contribution is 9.10. The standard InChI is InChI=1S/C17H21BrN2O/c1-12-4-2-3-5-15(12)19-17(21)11-20-9-8-13-10-14(18)6-7-16(13)20/h6-10,12,15H,2-5,11H2,1H3,(H,19,21)/t12-,15-/m1/s1. The van der Waals surface area contributed by atoms with Gasteiger partial charge in [-0.15, -0.1) is 0 Å². The van der Waals surface area contributed by atoms with Crippen molar-refractivity contribution in [1.82, 2.24) is 9.88 Å². The van der Waals surface area contributed by atoms with Gasteiger partial charge in [-0.05, 0) is 43.0 Å². The zero-order valence-corrected chi connectivity index (χ0v) is 13.9. The molecule has 4 heteroatoms. The van der Waals surface area contributed by atoms with E-state index in [0.29, 0.717) is 18.5 Å². The zero-order chi connectivity index (χ0) is 14.8. The van der Waals surface area contributed by atoms with Gasteiger partial charge in [-0.3, -0.25) is 4.79 Å². The highest BCUT2D eigenvalue weighted by atomic mass is 79.9. The topological polar surface area (TPSA) is 34.0 Å². The summed E-state index contributed by atoms with van der Waals surface area (Å²) in [7, 11) is 0. The summed E-state index contributed by atoms with van der Waals surface area (Å²) in [5.41, 5.74) is 1.10. The maximum Gasteiger partial charge on any atom is 0.240 e. The molecule has 0 bridgehead atoms. The van der Waals surface area contributed by atoms with Gasteiger partial charge in [-0.25, -0.2) is 0 Å². The molecule has 21 heavy (non-hydrogen) atoms. The van der Waals surface area contributed by atoms with Crippen molar-refractivity contribution in [3.63, 3.8) is 0 Å². The zero-order valence-electron chi connectivity index (χ0n) is 12.3. The molecule has 0 unspecified atom stereocenters. The average Bonchev–Trinajstić information content (AvgIpc) is 2.83. The lowest BCUT2D eigenvalue weighted by Gasteiger charge is -2.29. The Kier molecular flexibility index (Phi) is 4.34. The molecule has 1 aromatic heterocycles. The Morgan fingerprint density at radius 1 is 1.33 bits per heavy atom. The first-order chi connectivity index (χ1) is 10.1. The smallest absolute Gasteiger partial charge is 0.240 e.